The number of carbonyl (C=O) groups excluding carboxylic acids is 1. The number of anilines is 1. The van der Waals surface area contributed by atoms with Crippen LogP contribution in [0.3, 0.4) is 0 Å². The molecule has 0 unspecified atom stereocenters. The number of methoxy groups -OCH3 is 1. The van der Waals surface area contributed by atoms with Crippen molar-refractivity contribution in [1.29, 1.82) is 0 Å². The lowest BCUT2D eigenvalue weighted by Crippen LogP contribution is -2.25. The van der Waals surface area contributed by atoms with Crippen LogP contribution in [0.4, 0.5) is 5.13 Å². The predicted octanol–water partition coefficient (Wildman–Crippen LogP) is 2.32. The van der Waals surface area contributed by atoms with Crippen molar-refractivity contribution >= 4 is 32.5 Å². The highest BCUT2D eigenvalue weighted by Crippen LogP contribution is 2.27. The summed E-state index contributed by atoms with van der Waals surface area (Å²) in [6, 6.07) is 0. The molecule has 0 radical (unpaired) electrons. The minimum atomic E-state index is -3.31. The van der Waals surface area contributed by atoms with E-state index < -0.39 is 10.0 Å². The number of thiazole rings is 1. The van der Waals surface area contributed by atoms with E-state index in [1.165, 1.54) is 18.4 Å². The molecule has 1 aromatic heterocycles. The molecule has 0 amide bonds. The third-order valence-electron chi connectivity index (χ3n) is 3.56. The molecule has 0 aromatic carbocycles. The van der Waals surface area contributed by atoms with Crippen LogP contribution in [0.2, 0.25) is 0 Å². The van der Waals surface area contributed by atoms with Crippen LogP contribution in [-0.2, 0) is 26.0 Å². The quantitative estimate of drug-likeness (QED) is 0.775. The Hall–Kier alpha value is -1.15. The van der Waals surface area contributed by atoms with E-state index in [9.17, 15) is 13.2 Å². The predicted molar refractivity (Wildman–Crippen MR) is 81.9 cm³/mol. The molecule has 0 saturated heterocycles. The smallest absolute Gasteiger partial charge is 0.305 e. The summed E-state index contributed by atoms with van der Waals surface area (Å²) < 4.78 is 31.4. The molecular formula is C13H20N2O4S2. The van der Waals surface area contributed by atoms with Crippen LogP contribution in [0.15, 0.2) is 5.38 Å². The molecule has 1 aromatic rings. The van der Waals surface area contributed by atoms with Crippen LogP contribution in [0.1, 0.15) is 44.2 Å². The number of rotatable bonds is 7. The lowest BCUT2D eigenvalue weighted by Gasteiger charge is -2.10. The van der Waals surface area contributed by atoms with Crippen molar-refractivity contribution in [3.63, 3.8) is 0 Å². The summed E-state index contributed by atoms with van der Waals surface area (Å²) in [5.41, 5.74) is 0.799. The van der Waals surface area contributed by atoms with E-state index in [4.69, 9.17) is 0 Å². The first kappa shape index (κ1) is 16.2. The maximum Gasteiger partial charge on any atom is 0.305 e. The van der Waals surface area contributed by atoms with E-state index in [2.05, 4.69) is 14.4 Å². The molecule has 1 heterocycles. The van der Waals surface area contributed by atoms with Gasteiger partial charge in [0.25, 0.3) is 0 Å². The number of sulfonamides is 1. The molecule has 1 aliphatic carbocycles. The average molecular weight is 332 g/mol. The standard InChI is InChI=1S/C13H20N2O4S2/c1-19-12(16)8-4-5-10-9-20-13(14-10)15-21(17,18)11-6-2-3-7-11/h9,11H,2-8H2,1H3,(H,14,15). The topological polar surface area (TPSA) is 85.4 Å². The Morgan fingerprint density at radius 2 is 2.19 bits per heavy atom. The van der Waals surface area contributed by atoms with Crippen LogP contribution in [0, 0.1) is 0 Å². The lowest BCUT2D eigenvalue weighted by molar-refractivity contribution is -0.140. The monoisotopic (exact) mass is 332 g/mol. The number of aromatic nitrogens is 1. The van der Waals surface area contributed by atoms with Crippen molar-refractivity contribution in [3.05, 3.63) is 11.1 Å². The fourth-order valence-corrected chi connectivity index (χ4v) is 4.93. The number of carbonyl (C=O) groups is 1. The summed E-state index contributed by atoms with van der Waals surface area (Å²) in [5.74, 6) is -0.243. The molecule has 2 rings (SSSR count). The summed E-state index contributed by atoms with van der Waals surface area (Å²) >= 11 is 1.28. The van der Waals surface area contributed by atoms with Gasteiger partial charge in [-0.05, 0) is 25.7 Å². The van der Waals surface area contributed by atoms with E-state index in [-0.39, 0.29) is 11.2 Å². The molecular weight excluding hydrogens is 312 g/mol. The van der Waals surface area contributed by atoms with Crippen LogP contribution >= 0.6 is 11.3 Å². The van der Waals surface area contributed by atoms with Gasteiger partial charge < -0.3 is 4.74 Å². The van der Waals surface area contributed by atoms with Crippen molar-refractivity contribution in [1.82, 2.24) is 4.98 Å². The van der Waals surface area contributed by atoms with Gasteiger partial charge in [0.1, 0.15) is 0 Å². The molecule has 21 heavy (non-hydrogen) atoms. The molecule has 1 saturated carbocycles. The van der Waals surface area contributed by atoms with Crippen LogP contribution < -0.4 is 4.72 Å². The summed E-state index contributed by atoms with van der Waals surface area (Å²) in [6.45, 7) is 0. The normalized spacial score (nSPS) is 16.0. The third-order valence-corrected chi connectivity index (χ3v) is 6.33. The minimum absolute atomic E-state index is 0.243. The molecule has 1 N–H and O–H groups in total. The fourth-order valence-electron chi connectivity index (χ4n) is 2.39. The van der Waals surface area contributed by atoms with Gasteiger partial charge in [0.15, 0.2) is 5.13 Å². The molecule has 0 atom stereocenters. The zero-order chi connectivity index (χ0) is 15.3. The second-order valence-corrected chi connectivity index (χ2v) is 7.95. The number of nitrogens with one attached hydrogen (secondary N) is 1. The third kappa shape index (κ3) is 4.67. The fraction of sp³-hybridized carbons (Fsp3) is 0.692. The molecule has 1 aliphatic rings. The number of esters is 1. The Kier molecular flexibility index (Phi) is 5.58. The minimum Gasteiger partial charge on any atom is -0.469 e. The van der Waals surface area contributed by atoms with Gasteiger partial charge in [0.2, 0.25) is 10.0 Å². The molecule has 8 heteroatoms. The largest absolute Gasteiger partial charge is 0.469 e. The maximum atomic E-state index is 12.1. The van der Waals surface area contributed by atoms with E-state index in [1.807, 2.05) is 5.38 Å². The number of aryl methyl sites for hydroxylation is 1. The van der Waals surface area contributed by atoms with E-state index in [0.717, 1.165) is 31.4 Å². The Morgan fingerprint density at radius 1 is 1.48 bits per heavy atom. The number of hydrogen-bond acceptors (Lipinski definition) is 6. The molecule has 6 nitrogen and oxygen atoms in total. The SMILES string of the molecule is COC(=O)CCCc1csc(NS(=O)(=O)C2CCCC2)n1. The molecule has 0 spiro atoms. The summed E-state index contributed by atoms with van der Waals surface area (Å²) in [6.07, 6.45) is 5.03. The van der Waals surface area contributed by atoms with Crippen LogP contribution in [-0.4, -0.2) is 31.7 Å². The van der Waals surface area contributed by atoms with Gasteiger partial charge in [-0.15, -0.1) is 11.3 Å². The number of hydrogen-bond donors (Lipinski definition) is 1. The second-order valence-electron chi connectivity index (χ2n) is 5.13. The van der Waals surface area contributed by atoms with Crippen LogP contribution in [0.5, 0.6) is 0 Å². The van der Waals surface area contributed by atoms with Gasteiger partial charge in [0, 0.05) is 11.8 Å². The first-order valence-electron chi connectivity index (χ1n) is 7.04. The van der Waals surface area contributed by atoms with Gasteiger partial charge >= 0.3 is 5.97 Å². The van der Waals surface area contributed by atoms with Crippen molar-refractivity contribution in [2.45, 2.75) is 50.2 Å². The zero-order valence-electron chi connectivity index (χ0n) is 12.0. The Labute approximate surface area is 129 Å². The van der Waals surface area contributed by atoms with Gasteiger partial charge in [-0.1, -0.05) is 12.8 Å². The van der Waals surface area contributed by atoms with Gasteiger partial charge in [0.05, 0.1) is 18.1 Å². The van der Waals surface area contributed by atoms with Crippen molar-refractivity contribution in [3.8, 4) is 0 Å². The first-order chi connectivity index (χ1) is 10.0. The summed E-state index contributed by atoms with van der Waals surface area (Å²) in [4.78, 5) is 15.3. The number of ether oxygens (including phenoxy) is 1. The van der Waals surface area contributed by atoms with Crippen molar-refractivity contribution in [2.75, 3.05) is 11.8 Å². The summed E-state index contributed by atoms with van der Waals surface area (Å²) in [5, 5.41) is 1.95. The van der Waals surface area contributed by atoms with Gasteiger partial charge in [-0.3, -0.25) is 9.52 Å². The Bertz CT molecular complexity index is 577. The molecule has 1 fully saturated rings. The molecule has 0 aliphatic heterocycles. The van der Waals surface area contributed by atoms with E-state index in [0.29, 0.717) is 24.4 Å². The average Bonchev–Trinajstić information content (AvgIpc) is 3.09. The van der Waals surface area contributed by atoms with Gasteiger partial charge in [-0.25, -0.2) is 13.4 Å². The highest BCUT2D eigenvalue weighted by atomic mass is 32.2. The van der Waals surface area contributed by atoms with E-state index in [1.54, 1.807) is 0 Å². The van der Waals surface area contributed by atoms with Gasteiger partial charge in [-0.2, -0.15) is 0 Å². The summed E-state index contributed by atoms with van der Waals surface area (Å²) in [7, 11) is -1.95. The van der Waals surface area contributed by atoms with Crippen LogP contribution in [0.25, 0.3) is 0 Å². The second kappa shape index (κ2) is 7.22. The maximum absolute atomic E-state index is 12.1. The number of nitrogens with zero attached hydrogens (tertiary/aromatic N) is 1. The Morgan fingerprint density at radius 3 is 2.86 bits per heavy atom. The first-order valence-corrected chi connectivity index (χ1v) is 9.46. The Balaban J connectivity index is 1.86. The zero-order valence-corrected chi connectivity index (χ0v) is 13.6. The molecule has 118 valence electrons. The lowest BCUT2D eigenvalue weighted by atomic mass is 10.2. The highest BCUT2D eigenvalue weighted by Gasteiger charge is 2.29. The van der Waals surface area contributed by atoms with Crippen molar-refractivity contribution < 1.29 is 17.9 Å². The van der Waals surface area contributed by atoms with E-state index >= 15 is 0 Å². The highest BCUT2D eigenvalue weighted by molar-refractivity contribution is 7.93. The van der Waals surface area contributed by atoms with Crippen molar-refractivity contribution in [2.24, 2.45) is 0 Å². The molecule has 0 bridgehead atoms.